The fourth-order valence-corrected chi connectivity index (χ4v) is 1.50. The smallest absolute Gasteiger partial charge is 0.328 e. The molecule has 0 saturated heterocycles. The molecule has 1 rings (SSSR count). The molecule has 19 heavy (non-hydrogen) atoms. The van der Waals surface area contributed by atoms with Gasteiger partial charge >= 0.3 is 5.97 Å². The van der Waals surface area contributed by atoms with Gasteiger partial charge in [0.2, 0.25) is 5.91 Å². The van der Waals surface area contributed by atoms with Crippen molar-refractivity contribution < 1.29 is 19.8 Å². The Kier molecular flexibility index (Phi) is 5.82. The number of rotatable bonds is 5. The summed E-state index contributed by atoms with van der Waals surface area (Å²) in [6.07, 6.45) is 2.60. The summed E-state index contributed by atoms with van der Waals surface area (Å²) in [5.41, 5.74) is 0.639. The Labute approximate surface area is 119 Å². The highest BCUT2D eigenvalue weighted by Crippen LogP contribution is 2.22. The standard InChI is InChI=1S/C12H11Cl2NO4/c13-8-3-1-7(5-9(8)14)2-4-11(17)15-10(6-16)12(18)19/h1-5,10,16H,6H2,(H,15,17)(H,18,19)/b4-2+/t10-/m0/s1. The lowest BCUT2D eigenvalue weighted by Crippen LogP contribution is -2.42. The number of aliphatic carboxylic acids is 1. The minimum Gasteiger partial charge on any atom is -0.480 e. The van der Waals surface area contributed by atoms with Crippen molar-refractivity contribution in [3.63, 3.8) is 0 Å². The molecular weight excluding hydrogens is 293 g/mol. The van der Waals surface area contributed by atoms with E-state index in [4.69, 9.17) is 33.4 Å². The summed E-state index contributed by atoms with van der Waals surface area (Å²) in [5, 5.41) is 20.3. The number of nitrogens with one attached hydrogen (secondary N) is 1. The van der Waals surface area contributed by atoms with Gasteiger partial charge in [-0.15, -0.1) is 0 Å². The number of carboxylic acids is 1. The van der Waals surface area contributed by atoms with Crippen LogP contribution in [0.15, 0.2) is 24.3 Å². The topological polar surface area (TPSA) is 86.6 Å². The van der Waals surface area contributed by atoms with Crippen molar-refractivity contribution in [2.45, 2.75) is 6.04 Å². The molecule has 0 fully saturated rings. The molecule has 7 heteroatoms. The first-order valence-corrected chi connectivity index (χ1v) is 5.97. The minimum atomic E-state index is -1.33. The zero-order valence-corrected chi connectivity index (χ0v) is 11.1. The molecule has 5 nitrogen and oxygen atoms in total. The van der Waals surface area contributed by atoms with E-state index >= 15 is 0 Å². The van der Waals surface area contributed by atoms with Crippen molar-refractivity contribution in [1.29, 1.82) is 0 Å². The molecule has 0 spiro atoms. The normalized spacial score (nSPS) is 12.4. The van der Waals surface area contributed by atoms with Gasteiger partial charge in [-0.05, 0) is 23.8 Å². The monoisotopic (exact) mass is 303 g/mol. The second-order valence-electron chi connectivity index (χ2n) is 3.59. The van der Waals surface area contributed by atoms with Crippen molar-refractivity contribution in [2.75, 3.05) is 6.61 Å². The first-order chi connectivity index (χ1) is 8.93. The van der Waals surface area contributed by atoms with Crippen LogP contribution in [0.5, 0.6) is 0 Å². The maximum atomic E-state index is 11.4. The van der Waals surface area contributed by atoms with Crippen molar-refractivity contribution >= 4 is 41.2 Å². The van der Waals surface area contributed by atoms with Gasteiger partial charge in [-0.3, -0.25) is 4.79 Å². The molecule has 1 aromatic rings. The van der Waals surface area contributed by atoms with Crippen LogP contribution < -0.4 is 5.32 Å². The van der Waals surface area contributed by atoms with Gasteiger partial charge in [0, 0.05) is 6.08 Å². The van der Waals surface area contributed by atoms with E-state index in [-0.39, 0.29) is 0 Å². The van der Waals surface area contributed by atoms with Crippen LogP contribution in [0, 0.1) is 0 Å². The molecule has 0 bridgehead atoms. The van der Waals surface area contributed by atoms with Crippen LogP contribution in [0.3, 0.4) is 0 Å². The Morgan fingerprint density at radius 3 is 2.53 bits per heavy atom. The maximum absolute atomic E-state index is 11.4. The van der Waals surface area contributed by atoms with Crippen LogP contribution >= 0.6 is 23.2 Å². The number of benzene rings is 1. The average Bonchev–Trinajstić information content (AvgIpc) is 2.37. The number of carboxylic acid groups (broad SMARTS) is 1. The highest BCUT2D eigenvalue weighted by atomic mass is 35.5. The second kappa shape index (κ2) is 7.13. The number of aliphatic hydroxyl groups excluding tert-OH is 1. The van der Waals surface area contributed by atoms with Crippen molar-refractivity contribution in [3.05, 3.63) is 39.9 Å². The quantitative estimate of drug-likeness (QED) is 0.721. The Bertz CT molecular complexity index is 516. The van der Waals surface area contributed by atoms with E-state index in [9.17, 15) is 9.59 Å². The van der Waals surface area contributed by atoms with Crippen LogP contribution in [-0.2, 0) is 9.59 Å². The van der Waals surface area contributed by atoms with Gasteiger partial charge < -0.3 is 15.5 Å². The highest BCUT2D eigenvalue weighted by molar-refractivity contribution is 6.42. The van der Waals surface area contributed by atoms with Gasteiger partial charge in [-0.25, -0.2) is 4.79 Å². The number of carbonyl (C=O) groups excluding carboxylic acids is 1. The van der Waals surface area contributed by atoms with Crippen molar-refractivity contribution in [3.8, 4) is 0 Å². The van der Waals surface area contributed by atoms with E-state index in [1.54, 1.807) is 18.2 Å². The fourth-order valence-electron chi connectivity index (χ4n) is 1.19. The molecule has 0 aliphatic carbocycles. The molecule has 1 aromatic carbocycles. The van der Waals surface area contributed by atoms with Gasteiger partial charge in [0.15, 0.2) is 6.04 Å². The van der Waals surface area contributed by atoms with E-state index in [0.717, 1.165) is 6.08 Å². The lowest BCUT2D eigenvalue weighted by Gasteiger charge is -2.09. The number of amides is 1. The number of halogens is 2. The van der Waals surface area contributed by atoms with E-state index in [0.29, 0.717) is 15.6 Å². The zero-order chi connectivity index (χ0) is 14.4. The number of hydrogen-bond acceptors (Lipinski definition) is 3. The Morgan fingerprint density at radius 1 is 1.32 bits per heavy atom. The summed E-state index contributed by atoms with van der Waals surface area (Å²) in [7, 11) is 0. The van der Waals surface area contributed by atoms with Crippen LogP contribution in [0.2, 0.25) is 10.0 Å². The third kappa shape index (κ3) is 4.90. The lowest BCUT2D eigenvalue weighted by atomic mass is 10.2. The molecule has 1 amide bonds. The molecule has 0 aliphatic heterocycles. The first kappa shape index (κ1) is 15.5. The second-order valence-corrected chi connectivity index (χ2v) is 4.40. The van der Waals surface area contributed by atoms with Gasteiger partial charge in [-0.2, -0.15) is 0 Å². The van der Waals surface area contributed by atoms with E-state index < -0.39 is 24.5 Å². The zero-order valence-electron chi connectivity index (χ0n) is 9.64. The molecular formula is C12H11Cl2NO4. The third-order valence-corrected chi connectivity index (χ3v) is 2.91. The molecule has 0 radical (unpaired) electrons. The summed E-state index contributed by atoms with van der Waals surface area (Å²) in [6, 6.07) is 3.47. The molecule has 102 valence electrons. The molecule has 0 unspecified atom stereocenters. The molecule has 0 heterocycles. The van der Waals surface area contributed by atoms with Gasteiger partial charge in [0.05, 0.1) is 16.7 Å². The third-order valence-electron chi connectivity index (χ3n) is 2.17. The summed E-state index contributed by atoms with van der Waals surface area (Å²) in [5.74, 6) is -1.94. The Balaban J connectivity index is 2.68. The largest absolute Gasteiger partial charge is 0.480 e. The number of hydrogen-bond donors (Lipinski definition) is 3. The van der Waals surface area contributed by atoms with E-state index in [1.807, 2.05) is 0 Å². The summed E-state index contributed by atoms with van der Waals surface area (Å²) in [4.78, 5) is 22.0. The lowest BCUT2D eigenvalue weighted by molar-refractivity contribution is -0.142. The van der Waals surface area contributed by atoms with Gasteiger partial charge in [0.1, 0.15) is 0 Å². The van der Waals surface area contributed by atoms with Gasteiger partial charge in [0.25, 0.3) is 0 Å². The molecule has 3 N–H and O–H groups in total. The number of aliphatic hydroxyl groups is 1. The van der Waals surface area contributed by atoms with Crippen molar-refractivity contribution in [2.24, 2.45) is 0 Å². The Hall–Kier alpha value is -1.56. The van der Waals surface area contributed by atoms with Crippen LogP contribution in [0.4, 0.5) is 0 Å². The van der Waals surface area contributed by atoms with Crippen LogP contribution in [0.1, 0.15) is 5.56 Å². The average molecular weight is 304 g/mol. The molecule has 0 aliphatic rings. The summed E-state index contributed by atoms with van der Waals surface area (Å²) < 4.78 is 0. The minimum absolute atomic E-state index is 0.350. The molecule has 1 atom stereocenters. The van der Waals surface area contributed by atoms with E-state index in [1.165, 1.54) is 6.08 Å². The number of carbonyl (C=O) groups is 2. The van der Waals surface area contributed by atoms with E-state index in [2.05, 4.69) is 5.32 Å². The van der Waals surface area contributed by atoms with Gasteiger partial charge in [-0.1, -0.05) is 29.3 Å². The first-order valence-electron chi connectivity index (χ1n) is 5.21. The highest BCUT2D eigenvalue weighted by Gasteiger charge is 2.16. The predicted molar refractivity (Wildman–Crippen MR) is 72.1 cm³/mol. The predicted octanol–water partition coefficient (Wildman–Crippen LogP) is 1.57. The van der Waals surface area contributed by atoms with Crippen molar-refractivity contribution in [1.82, 2.24) is 5.32 Å². The molecule has 0 aromatic heterocycles. The maximum Gasteiger partial charge on any atom is 0.328 e. The SMILES string of the molecule is O=C(/C=C/c1ccc(Cl)c(Cl)c1)N[C@@H](CO)C(=O)O. The summed E-state index contributed by atoms with van der Waals surface area (Å²) in [6.45, 7) is -0.679. The fraction of sp³-hybridized carbons (Fsp3) is 0.167. The Morgan fingerprint density at radius 2 is 2.00 bits per heavy atom. The summed E-state index contributed by atoms with van der Waals surface area (Å²) >= 11 is 11.5. The molecule has 0 saturated carbocycles. The van der Waals surface area contributed by atoms with Crippen LogP contribution in [0.25, 0.3) is 6.08 Å². The van der Waals surface area contributed by atoms with Crippen LogP contribution in [-0.4, -0.2) is 34.7 Å².